The van der Waals surface area contributed by atoms with Gasteiger partial charge < -0.3 is 11.1 Å². The van der Waals surface area contributed by atoms with Crippen LogP contribution in [0.2, 0.25) is 0 Å². The van der Waals surface area contributed by atoms with E-state index in [4.69, 9.17) is 10.7 Å². The molecule has 0 spiro atoms. The molecule has 2 aromatic rings. The number of hydrogen-bond acceptors (Lipinski definition) is 6. The number of guanidine groups is 1. The summed E-state index contributed by atoms with van der Waals surface area (Å²) in [6.07, 6.45) is 1.91. The summed E-state index contributed by atoms with van der Waals surface area (Å²) in [6, 6.07) is 11.9. The van der Waals surface area contributed by atoms with E-state index in [2.05, 4.69) is 22.8 Å². The second-order valence-corrected chi connectivity index (χ2v) is 8.88. The van der Waals surface area contributed by atoms with E-state index in [1.807, 2.05) is 25.1 Å². The predicted octanol–water partition coefficient (Wildman–Crippen LogP) is 2.90. The molecule has 150 valence electrons. The minimum absolute atomic E-state index is 0.0494. The lowest BCUT2D eigenvalue weighted by atomic mass is 9.71. The van der Waals surface area contributed by atoms with Crippen LogP contribution in [0.25, 0.3) is 11.1 Å². The first-order chi connectivity index (χ1) is 13.9. The average Bonchev–Trinajstić information content (AvgIpc) is 3.24. The Hall–Kier alpha value is -2.69. The van der Waals surface area contributed by atoms with E-state index < -0.39 is 5.54 Å². The summed E-state index contributed by atoms with van der Waals surface area (Å²) in [5.41, 5.74) is 8.11. The standard InChI is InChI=1S/C22H25N5OS/c1-22(18-11-17(13-29-18)16-5-3-4-14(10-16)12-23)19(15-6-8-25-9-7-15)20(28)27(2)21(24)26-22/h3-5,10-11,13,15,19,25H,6-9H2,1-2H3,(H2,24,26)/t19-,22-/m1/s1. The Morgan fingerprint density at radius 3 is 2.79 bits per heavy atom. The van der Waals surface area contributed by atoms with E-state index >= 15 is 0 Å². The van der Waals surface area contributed by atoms with Gasteiger partial charge in [-0.25, -0.2) is 4.99 Å². The maximum atomic E-state index is 13.3. The quantitative estimate of drug-likeness (QED) is 0.818. The van der Waals surface area contributed by atoms with Crippen molar-refractivity contribution in [3.8, 4) is 17.2 Å². The average molecular weight is 408 g/mol. The molecule has 2 aliphatic heterocycles. The first kappa shape index (κ1) is 19.6. The molecule has 2 aliphatic rings. The second-order valence-electron chi connectivity index (χ2n) is 7.97. The molecule has 6 nitrogen and oxygen atoms in total. The van der Waals surface area contributed by atoms with E-state index in [-0.39, 0.29) is 23.7 Å². The molecular formula is C22H25N5OS. The van der Waals surface area contributed by atoms with Gasteiger partial charge in [-0.3, -0.25) is 9.69 Å². The third-order valence-corrected chi connectivity index (χ3v) is 7.33. The van der Waals surface area contributed by atoms with Crippen LogP contribution >= 0.6 is 11.3 Å². The molecule has 1 aromatic carbocycles. The summed E-state index contributed by atoms with van der Waals surface area (Å²) in [4.78, 5) is 20.7. The molecule has 1 aromatic heterocycles. The number of aliphatic imine (C=N–C) groups is 1. The van der Waals surface area contributed by atoms with Gasteiger partial charge in [0.15, 0.2) is 5.96 Å². The summed E-state index contributed by atoms with van der Waals surface area (Å²) in [5.74, 6) is 0.344. The van der Waals surface area contributed by atoms with Gasteiger partial charge in [0.2, 0.25) is 5.91 Å². The summed E-state index contributed by atoms with van der Waals surface area (Å²) in [7, 11) is 1.71. The number of nitrogens with one attached hydrogen (secondary N) is 1. The van der Waals surface area contributed by atoms with Crippen molar-refractivity contribution in [1.82, 2.24) is 10.2 Å². The van der Waals surface area contributed by atoms with E-state index in [0.717, 1.165) is 41.9 Å². The van der Waals surface area contributed by atoms with Crippen LogP contribution in [0.1, 0.15) is 30.2 Å². The Labute approximate surface area is 175 Å². The summed E-state index contributed by atoms with van der Waals surface area (Å²) in [6.45, 7) is 3.88. The molecule has 4 rings (SSSR count). The number of amides is 1. The number of nitriles is 1. The fourth-order valence-electron chi connectivity index (χ4n) is 4.51. The van der Waals surface area contributed by atoms with E-state index in [9.17, 15) is 10.1 Å². The fraction of sp³-hybridized carbons (Fsp3) is 0.409. The van der Waals surface area contributed by atoms with Gasteiger partial charge in [-0.15, -0.1) is 11.3 Å². The van der Waals surface area contributed by atoms with Crippen molar-refractivity contribution < 1.29 is 4.79 Å². The van der Waals surface area contributed by atoms with Crippen molar-refractivity contribution in [2.75, 3.05) is 20.1 Å². The van der Waals surface area contributed by atoms with Gasteiger partial charge in [-0.2, -0.15) is 5.26 Å². The van der Waals surface area contributed by atoms with Crippen LogP contribution in [0.15, 0.2) is 40.7 Å². The van der Waals surface area contributed by atoms with Crippen molar-refractivity contribution in [2.24, 2.45) is 22.6 Å². The number of rotatable bonds is 3. The van der Waals surface area contributed by atoms with E-state index in [1.165, 1.54) is 4.90 Å². The first-order valence-corrected chi connectivity index (χ1v) is 10.7. The van der Waals surface area contributed by atoms with Gasteiger partial charge in [-0.1, -0.05) is 12.1 Å². The highest BCUT2D eigenvalue weighted by atomic mass is 32.1. The van der Waals surface area contributed by atoms with E-state index in [0.29, 0.717) is 5.56 Å². The van der Waals surface area contributed by atoms with E-state index in [1.54, 1.807) is 24.5 Å². The van der Waals surface area contributed by atoms with Crippen LogP contribution in [0.5, 0.6) is 0 Å². The van der Waals surface area contributed by atoms with Crippen molar-refractivity contribution in [3.05, 3.63) is 46.2 Å². The SMILES string of the molecule is CN1C(=O)[C@@H](C2CCNCC2)[C@@](C)(c2cc(-c3cccc(C#N)c3)cs2)N=C1N. The number of nitrogens with two attached hydrogens (primary N) is 1. The van der Waals surface area contributed by atoms with Gasteiger partial charge in [0.1, 0.15) is 5.54 Å². The Morgan fingerprint density at radius 1 is 1.31 bits per heavy atom. The predicted molar refractivity (Wildman–Crippen MR) is 115 cm³/mol. The molecule has 3 N–H and O–H groups in total. The molecule has 0 saturated carbocycles. The molecule has 1 saturated heterocycles. The Bertz CT molecular complexity index is 1000. The number of carbonyl (C=O) groups excluding carboxylic acids is 1. The third kappa shape index (κ3) is 3.43. The zero-order valence-electron chi connectivity index (χ0n) is 16.7. The normalized spacial score (nSPS) is 25.6. The van der Waals surface area contributed by atoms with Gasteiger partial charge >= 0.3 is 0 Å². The zero-order valence-corrected chi connectivity index (χ0v) is 17.5. The summed E-state index contributed by atoms with van der Waals surface area (Å²) in [5, 5.41) is 14.7. The molecule has 2 atom stereocenters. The third-order valence-electron chi connectivity index (χ3n) is 6.17. The summed E-state index contributed by atoms with van der Waals surface area (Å²) < 4.78 is 0. The van der Waals surface area contributed by atoms with Crippen LogP contribution in [-0.4, -0.2) is 36.9 Å². The Morgan fingerprint density at radius 2 is 2.07 bits per heavy atom. The minimum Gasteiger partial charge on any atom is -0.369 e. The van der Waals surface area contributed by atoms with Crippen LogP contribution in [-0.2, 0) is 10.3 Å². The number of thiophene rings is 1. The smallest absolute Gasteiger partial charge is 0.235 e. The molecule has 3 heterocycles. The minimum atomic E-state index is -0.689. The Kier molecular flexibility index (Phi) is 5.15. The number of benzene rings is 1. The van der Waals surface area contributed by atoms with Gasteiger partial charge in [0.05, 0.1) is 17.6 Å². The van der Waals surface area contributed by atoms with Crippen molar-refractivity contribution in [3.63, 3.8) is 0 Å². The van der Waals surface area contributed by atoms with Crippen LogP contribution in [0.4, 0.5) is 0 Å². The maximum absolute atomic E-state index is 13.3. The molecule has 7 heteroatoms. The number of carbonyl (C=O) groups is 1. The molecule has 0 unspecified atom stereocenters. The van der Waals surface area contributed by atoms with Crippen LogP contribution < -0.4 is 11.1 Å². The number of nitrogens with zero attached hydrogens (tertiary/aromatic N) is 3. The maximum Gasteiger partial charge on any atom is 0.235 e. The van der Waals surface area contributed by atoms with Crippen molar-refractivity contribution in [1.29, 1.82) is 5.26 Å². The fourth-order valence-corrected chi connectivity index (χ4v) is 5.58. The molecule has 0 bridgehead atoms. The van der Waals surface area contributed by atoms with Gasteiger partial charge in [-0.05, 0) is 73.5 Å². The largest absolute Gasteiger partial charge is 0.369 e. The highest BCUT2D eigenvalue weighted by Crippen LogP contribution is 2.47. The topological polar surface area (TPSA) is 94.5 Å². The summed E-state index contributed by atoms with van der Waals surface area (Å²) >= 11 is 1.60. The molecule has 0 radical (unpaired) electrons. The second kappa shape index (κ2) is 7.62. The molecule has 29 heavy (non-hydrogen) atoms. The van der Waals surface area contributed by atoms with Crippen molar-refractivity contribution >= 4 is 23.2 Å². The van der Waals surface area contributed by atoms with Gasteiger partial charge in [0, 0.05) is 11.9 Å². The number of piperidine rings is 1. The lowest BCUT2D eigenvalue weighted by Gasteiger charge is -2.44. The highest BCUT2D eigenvalue weighted by molar-refractivity contribution is 7.10. The zero-order chi connectivity index (χ0) is 20.6. The van der Waals surface area contributed by atoms with Gasteiger partial charge in [0.25, 0.3) is 0 Å². The molecule has 1 amide bonds. The van der Waals surface area contributed by atoms with Crippen LogP contribution in [0, 0.1) is 23.2 Å². The van der Waals surface area contributed by atoms with Crippen molar-refractivity contribution in [2.45, 2.75) is 25.3 Å². The molecule has 1 fully saturated rings. The molecule has 0 aliphatic carbocycles. The lowest BCUT2D eigenvalue weighted by Crippen LogP contribution is -2.56. The Balaban J connectivity index is 1.77. The monoisotopic (exact) mass is 407 g/mol. The lowest BCUT2D eigenvalue weighted by molar-refractivity contribution is -0.137. The highest BCUT2D eigenvalue weighted by Gasteiger charge is 2.50. The first-order valence-electron chi connectivity index (χ1n) is 9.87. The number of hydrogen-bond donors (Lipinski definition) is 2. The molecular weight excluding hydrogens is 382 g/mol. The van der Waals surface area contributed by atoms with Crippen LogP contribution in [0.3, 0.4) is 0 Å².